The third-order valence-electron chi connectivity index (χ3n) is 3.59. The molecule has 1 spiro atoms. The first kappa shape index (κ1) is 11.4. The molecule has 1 atom stereocenters. The van der Waals surface area contributed by atoms with Crippen LogP contribution in [0.5, 0.6) is 0 Å². The van der Waals surface area contributed by atoms with E-state index in [9.17, 15) is 0 Å². The maximum absolute atomic E-state index is 5.87. The van der Waals surface area contributed by atoms with E-state index in [1.807, 2.05) is 0 Å². The van der Waals surface area contributed by atoms with Crippen LogP contribution in [0.4, 0.5) is 0 Å². The molecule has 1 N–H and O–H groups in total. The number of ether oxygens (including phenoxy) is 2. The zero-order valence-electron chi connectivity index (χ0n) is 9.76. The van der Waals surface area contributed by atoms with Crippen molar-refractivity contribution in [2.75, 3.05) is 26.3 Å². The molecule has 0 bridgehead atoms. The van der Waals surface area contributed by atoms with Gasteiger partial charge in [-0.15, -0.1) is 0 Å². The smallest absolute Gasteiger partial charge is 0.0707 e. The summed E-state index contributed by atoms with van der Waals surface area (Å²) in [5.74, 6) is 0. The van der Waals surface area contributed by atoms with Crippen LogP contribution in [-0.2, 0) is 9.47 Å². The Hall–Kier alpha value is -0.120. The van der Waals surface area contributed by atoms with Gasteiger partial charge in [0.15, 0.2) is 0 Å². The third kappa shape index (κ3) is 2.92. The number of likely N-dealkylation sites (N-methyl/N-ethyl adjacent to an activating group) is 1. The van der Waals surface area contributed by atoms with Gasteiger partial charge in [-0.3, -0.25) is 0 Å². The fourth-order valence-corrected chi connectivity index (χ4v) is 2.52. The van der Waals surface area contributed by atoms with E-state index >= 15 is 0 Å². The van der Waals surface area contributed by atoms with Gasteiger partial charge in [0.1, 0.15) is 0 Å². The summed E-state index contributed by atoms with van der Waals surface area (Å²) in [6.07, 6.45) is 6.48. The summed E-state index contributed by atoms with van der Waals surface area (Å²) in [5.41, 5.74) is 0.223. The lowest BCUT2D eigenvalue weighted by Gasteiger charge is -2.47. The molecule has 3 nitrogen and oxygen atoms in total. The van der Waals surface area contributed by atoms with Crippen molar-refractivity contribution in [2.24, 2.45) is 0 Å². The second kappa shape index (κ2) is 5.28. The van der Waals surface area contributed by atoms with Crippen molar-refractivity contribution < 1.29 is 9.47 Å². The average Bonchev–Trinajstić information content (AvgIpc) is 2.23. The van der Waals surface area contributed by atoms with E-state index in [1.165, 1.54) is 19.3 Å². The van der Waals surface area contributed by atoms with Crippen molar-refractivity contribution in [1.29, 1.82) is 0 Å². The van der Waals surface area contributed by atoms with Gasteiger partial charge in [0, 0.05) is 19.6 Å². The minimum atomic E-state index is 0.223. The van der Waals surface area contributed by atoms with Crippen LogP contribution in [-0.4, -0.2) is 38.0 Å². The summed E-state index contributed by atoms with van der Waals surface area (Å²) < 4.78 is 11.7. The molecule has 1 aliphatic carbocycles. The Morgan fingerprint density at radius 2 is 2.33 bits per heavy atom. The Labute approximate surface area is 92.5 Å². The maximum atomic E-state index is 5.87. The van der Waals surface area contributed by atoms with Crippen LogP contribution in [0.25, 0.3) is 0 Å². The molecule has 0 aromatic carbocycles. The molecule has 0 aromatic rings. The monoisotopic (exact) mass is 213 g/mol. The molecular formula is C12H23NO2. The van der Waals surface area contributed by atoms with Gasteiger partial charge in [-0.05, 0) is 32.2 Å². The lowest BCUT2D eigenvalue weighted by molar-refractivity contribution is -0.168. The summed E-state index contributed by atoms with van der Waals surface area (Å²) in [4.78, 5) is 0. The zero-order valence-corrected chi connectivity index (χ0v) is 9.76. The predicted octanol–water partition coefficient (Wildman–Crippen LogP) is 1.71. The quantitative estimate of drug-likeness (QED) is 0.705. The molecule has 1 unspecified atom stereocenters. The van der Waals surface area contributed by atoms with E-state index in [4.69, 9.17) is 9.47 Å². The van der Waals surface area contributed by atoms with E-state index < -0.39 is 0 Å². The van der Waals surface area contributed by atoms with Crippen molar-refractivity contribution in [1.82, 2.24) is 5.32 Å². The molecule has 3 heteroatoms. The van der Waals surface area contributed by atoms with E-state index in [2.05, 4.69) is 12.2 Å². The number of hydrogen-bond acceptors (Lipinski definition) is 3. The molecule has 15 heavy (non-hydrogen) atoms. The summed E-state index contributed by atoms with van der Waals surface area (Å²) in [6.45, 7) is 5.86. The number of rotatable bonds is 5. The molecule has 1 saturated carbocycles. The molecular weight excluding hydrogens is 190 g/mol. The van der Waals surface area contributed by atoms with Crippen LogP contribution in [0.15, 0.2) is 0 Å². The van der Waals surface area contributed by atoms with Crippen LogP contribution in [0.2, 0.25) is 0 Å². The van der Waals surface area contributed by atoms with Crippen molar-refractivity contribution >= 4 is 0 Å². The Kier molecular flexibility index (Phi) is 4.00. The summed E-state index contributed by atoms with van der Waals surface area (Å²) in [5, 5.41) is 3.28. The van der Waals surface area contributed by atoms with Crippen LogP contribution in [0, 0.1) is 0 Å². The van der Waals surface area contributed by atoms with E-state index in [1.54, 1.807) is 0 Å². The Morgan fingerprint density at radius 1 is 1.47 bits per heavy atom. The average molecular weight is 213 g/mol. The first-order valence-electron chi connectivity index (χ1n) is 6.31. The SMILES string of the molecule is CCNCCOC1CCOC2(CCC2)C1. The maximum Gasteiger partial charge on any atom is 0.0707 e. The molecule has 1 saturated heterocycles. The van der Waals surface area contributed by atoms with Crippen molar-refractivity contribution in [3.8, 4) is 0 Å². The summed E-state index contributed by atoms with van der Waals surface area (Å²) in [7, 11) is 0. The second-order valence-corrected chi connectivity index (χ2v) is 4.72. The third-order valence-corrected chi connectivity index (χ3v) is 3.59. The van der Waals surface area contributed by atoms with Crippen LogP contribution in [0.1, 0.15) is 39.0 Å². The summed E-state index contributed by atoms with van der Waals surface area (Å²) >= 11 is 0. The molecule has 1 aliphatic heterocycles. The number of nitrogens with one attached hydrogen (secondary N) is 1. The van der Waals surface area contributed by atoms with Crippen LogP contribution < -0.4 is 5.32 Å². The predicted molar refractivity (Wildman–Crippen MR) is 60.1 cm³/mol. The number of hydrogen-bond donors (Lipinski definition) is 1. The fraction of sp³-hybridized carbons (Fsp3) is 1.00. The first-order valence-corrected chi connectivity index (χ1v) is 6.31. The van der Waals surface area contributed by atoms with Gasteiger partial charge in [0.25, 0.3) is 0 Å². The largest absolute Gasteiger partial charge is 0.377 e. The molecule has 0 radical (unpaired) electrons. The van der Waals surface area contributed by atoms with Gasteiger partial charge in [-0.25, -0.2) is 0 Å². The first-order chi connectivity index (χ1) is 7.35. The van der Waals surface area contributed by atoms with Gasteiger partial charge in [-0.1, -0.05) is 6.92 Å². The van der Waals surface area contributed by atoms with Crippen molar-refractivity contribution in [3.63, 3.8) is 0 Å². The van der Waals surface area contributed by atoms with Gasteiger partial charge in [0.05, 0.1) is 18.3 Å². The van der Waals surface area contributed by atoms with Gasteiger partial charge >= 0.3 is 0 Å². The topological polar surface area (TPSA) is 30.5 Å². The Bertz CT molecular complexity index is 192. The molecule has 2 fully saturated rings. The lowest BCUT2D eigenvalue weighted by atomic mass is 9.74. The fourth-order valence-electron chi connectivity index (χ4n) is 2.52. The Balaban J connectivity index is 1.64. The molecule has 2 rings (SSSR count). The highest BCUT2D eigenvalue weighted by atomic mass is 16.5. The molecule has 0 aromatic heterocycles. The van der Waals surface area contributed by atoms with Crippen molar-refractivity contribution in [3.05, 3.63) is 0 Å². The zero-order chi connectivity index (χ0) is 10.6. The highest BCUT2D eigenvalue weighted by Gasteiger charge is 2.42. The second-order valence-electron chi connectivity index (χ2n) is 4.72. The minimum absolute atomic E-state index is 0.223. The lowest BCUT2D eigenvalue weighted by Crippen LogP contribution is -2.48. The minimum Gasteiger partial charge on any atom is -0.377 e. The van der Waals surface area contributed by atoms with E-state index in [-0.39, 0.29) is 5.60 Å². The molecule has 0 amide bonds. The normalized spacial score (nSPS) is 29.0. The van der Waals surface area contributed by atoms with Crippen molar-refractivity contribution in [2.45, 2.75) is 50.7 Å². The van der Waals surface area contributed by atoms with E-state index in [0.717, 1.165) is 39.1 Å². The van der Waals surface area contributed by atoms with Gasteiger partial charge < -0.3 is 14.8 Å². The standard InChI is InChI=1S/C12H23NO2/c1-2-13-7-9-14-11-4-8-15-12(10-11)5-3-6-12/h11,13H,2-10H2,1H3. The van der Waals surface area contributed by atoms with Crippen LogP contribution >= 0.6 is 0 Å². The van der Waals surface area contributed by atoms with Gasteiger partial charge in [-0.2, -0.15) is 0 Å². The highest BCUT2D eigenvalue weighted by molar-refractivity contribution is 4.94. The molecule has 2 aliphatic rings. The highest BCUT2D eigenvalue weighted by Crippen LogP contribution is 2.42. The molecule has 88 valence electrons. The molecule has 1 heterocycles. The Morgan fingerprint density at radius 3 is 3.00 bits per heavy atom. The van der Waals surface area contributed by atoms with Crippen LogP contribution in [0.3, 0.4) is 0 Å². The van der Waals surface area contributed by atoms with Gasteiger partial charge in [0.2, 0.25) is 0 Å². The summed E-state index contributed by atoms with van der Waals surface area (Å²) in [6, 6.07) is 0. The van der Waals surface area contributed by atoms with E-state index in [0.29, 0.717) is 6.10 Å².